The molecule has 0 radical (unpaired) electrons. The van der Waals surface area contributed by atoms with E-state index in [2.05, 4.69) is 5.32 Å². The molecule has 28 heavy (non-hydrogen) atoms. The van der Waals surface area contributed by atoms with E-state index in [-0.39, 0.29) is 23.7 Å². The van der Waals surface area contributed by atoms with Crippen LogP contribution in [0, 0.1) is 5.82 Å². The predicted octanol–water partition coefficient (Wildman–Crippen LogP) is 3.95. The fourth-order valence-corrected chi connectivity index (χ4v) is 2.83. The van der Waals surface area contributed by atoms with Gasteiger partial charge in [0, 0.05) is 20.0 Å². The van der Waals surface area contributed by atoms with Crippen LogP contribution in [0.5, 0.6) is 5.75 Å². The molecule has 0 aliphatic rings. The summed E-state index contributed by atoms with van der Waals surface area (Å²) in [7, 11) is 1.73. The maximum absolute atomic E-state index is 13.0. The van der Waals surface area contributed by atoms with E-state index < -0.39 is 0 Å². The summed E-state index contributed by atoms with van der Waals surface area (Å²) in [5, 5.41) is 2.83. The van der Waals surface area contributed by atoms with E-state index in [1.165, 1.54) is 12.1 Å². The van der Waals surface area contributed by atoms with Gasteiger partial charge in [0.25, 0.3) is 5.91 Å². The molecule has 0 bridgehead atoms. The minimum absolute atomic E-state index is 0.0270. The third-order valence-corrected chi connectivity index (χ3v) is 4.61. The molecule has 0 saturated heterocycles. The lowest BCUT2D eigenvalue weighted by atomic mass is 10.1. The molecule has 0 spiro atoms. The van der Waals surface area contributed by atoms with Crippen molar-refractivity contribution in [1.82, 2.24) is 10.2 Å². The molecule has 0 aromatic heterocycles. The van der Waals surface area contributed by atoms with Gasteiger partial charge in [-0.1, -0.05) is 24.3 Å². The molecule has 0 saturated carbocycles. The lowest BCUT2D eigenvalue weighted by molar-refractivity contribution is -0.131. The van der Waals surface area contributed by atoms with Gasteiger partial charge in [-0.3, -0.25) is 9.59 Å². The molecule has 2 rings (SSSR count). The average Bonchev–Trinajstić information content (AvgIpc) is 2.71. The van der Waals surface area contributed by atoms with Crippen molar-refractivity contribution in [3.05, 3.63) is 65.5 Å². The van der Waals surface area contributed by atoms with Crippen LogP contribution in [0.2, 0.25) is 0 Å². The van der Waals surface area contributed by atoms with E-state index in [0.717, 1.165) is 5.56 Å². The zero-order valence-corrected chi connectivity index (χ0v) is 16.6. The van der Waals surface area contributed by atoms with E-state index in [0.29, 0.717) is 37.3 Å². The molecule has 2 aromatic rings. The number of nitrogens with zero attached hydrogens (tertiary/aromatic N) is 1. The topological polar surface area (TPSA) is 58.6 Å². The summed E-state index contributed by atoms with van der Waals surface area (Å²) >= 11 is 0. The number of hydrogen-bond donors (Lipinski definition) is 1. The number of amides is 2. The normalized spacial score (nSPS) is 11.6. The number of hydrogen-bond acceptors (Lipinski definition) is 3. The number of halogens is 1. The molecule has 1 unspecified atom stereocenters. The van der Waals surface area contributed by atoms with E-state index in [1.54, 1.807) is 42.3 Å². The van der Waals surface area contributed by atoms with Gasteiger partial charge in [0.1, 0.15) is 11.6 Å². The Balaban J connectivity index is 1.80. The van der Waals surface area contributed by atoms with Crippen LogP contribution in [0.3, 0.4) is 0 Å². The smallest absolute Gasteiger partial charge is 0.255 e. The second-order valence-electron chi connectivity index (χ2n) is 6.52. The van der Waals surface area contributed by atoms with Gasteiger partial charge < -0.3 is 15.0 Å². The summed E-state index contributed by atoms with van der Waals surface area (Å²) in [4.78, 5) is 26.4. The molecular formula is C22H27FN2O3. The van der Waals surface area contributed by atoms with E-state index >= 15 is 0 Å². The third kappa shape index (κ3) is 5.81. The number of carbonyl (C=O) groups is 2. The Hall–Kier alpha value is -2.89. The number of nitrogens with one attached hydrogen (secondary N) is 1. The van der Waals surface area contributed by atoms with E-state index in [4.69, 9.17) is 4.74 Å². The Morgan fingerprint density at radius 2 is 1.82 bits per heavy atom. The zero-order chi connectivity index (χ0) is 20.5. The molecule has 0 fully saturated rings. The summed E-state index contributed by atoms with van der Waals surface area (Å²) in [5.41, 5.74) is 1.36. The van der Waals surface area contributed by atoms with Crippen molar-refractivity contribution < 1.29 is 18.7 Å². The highest BCUT2D eigenvalue weighted by atomic mass is 19.1. The van der Waals surface area contributed by atoms with Gasteiger partial charge in [-0.15, -0.1) is 0 Å². The Bertz CT molecular complexity index is 793. The second kappa shape index (κ2) is 10.4. The van der Waals surface area contributed by atoms with Crippen molar-refractivity contribution >= 4 is 11.8 Å². The van der Waals surface area contributed by atoms with E-state index in [1.807, 2.05) is 19.9 Å². The number of rotatable bonds is 9. The second-order valence-corrected chi connectivity index (χ2v) is 6.52. The van der Waals surface area contributed by atoms with Gasteiger partial charge in [0.15, 0.2) is 0 Å². The summed E-state index contributed by atoms with van der Waals surface area (Å²) in [6.07, 6.45) is 0.845. The average molecular weight is 386 g/mol. The number of benzene rings is 2. The van der Waals surface area contributed by atoms with Crippen molar-refractivity contribution in [3.63, 3.8) is 0 Å². The van der Waals surface area contributed by atoms with Crippen LogP contribution in [-0.2, 0) is 4.79 Å². The maximum atomic E-state index is 13.0. The van der Waals surface area contributed by atoms with Crippen LogP contribution < -0.4 is 10.1 Å². The fraction of sp³-hybridized carbons (Fsp3) is 0.364. The molecule has 6 heteroatoms. The molecule has 0 aliphatic heterocycles. The zero-order valence-electron chi connectivity index (χ0n) is 16.6. The molecule has 150 valence electrons. The quantitative estimate of drug-likeness (QED) is 0.664. The van der Waals surface area contributed by atoms with Crippen molar-refractivity contribution in [2.45, 2.75) is 32.7 Å². The van der Waals surface area contributed by atoms with Crippen LogP contribution in [0.15, 0.2) is 48.5 Å². The first kappa shape index (κ1) is 21.4. The standard InChI is InChI=1S/C22H27FN2O3/c1-4-28-20-9-6-5-8-19(20)22(27)24-15-7-10-21(26)25(3)16(2)17-11-13-18(23)14-12-17/h5-6,8-9,11-14,16H,4,7,10,15H2,1-3H3,(H,24,27). The highest BCUT2D eigenvalue weighted by Crippen LogP contribution is 2.20. The van der Waals surface area contributed by atoms with E-state index in [9.17, 15) is 14.0 Å². The molecule has 2 aromatic carbocycles. The van der Waals surface area contributed by atoms with Crippen molar-refractivity contribution in [3.8, 4) is 5.75 Å². The van der Waals surface area contributed by atoms with Gasteiger partial charge in [0.2, 0.25) is 5.91 Å². The Morgan fingerprint density at radius 1 is 1.14 bits per heavy atom. The van der Waals surface area contributed by atoms with Gasteiger partial charge >= 0.3 is 0 Å². The third-order valence-electron chi connectivity index (χ3n) is 4.61. The number of carbonyl (C=O) groups excluding carboxylic acids is 2. The van der Waals surface area contributed by atoms with Gasteiger partial charge in [0.05, 0.1) is 18.2 Å². The van der Waals surface area contributed by atoms with Crippen molar-refractivity contribution in [2.24, 2.45) is 0 Å². The largest absolute Gasteiger partial charge is 0.493 e. The Labute approximate surface area is 165 Å². The summed E-state index contributed by atoms with van der Waals surface area (Å²) in [6.45, 7) is 4.64. The Kier molecular flexibility index (Phi) is 7.99. The first-order valence-electron chi connectivity index (χ1n) is 9.45. The molecular weight excluding hydrogens is 359 g/mol. The fourth-order valence-electron chi connectivity index (χ4n) is 2.83. The summed E-state index contributed by atoms with van der Waals surface area (Å²) < 4.78 is 18.5. The monoisotopic (exact) mass is 386 g/mol. The van der Waals surface area contributed by atoms with Crippen LogP contribution in [-0.4, -0.2) is 36.9 Å². The van der Waals surface area contributed by atoms with Crippen LogP contribution in [0.25, 0.3) is 0 Å². The SMILES string of the molecule is CCOc1ccccc1C(=O)NCCCC(=O)N(C)C(C)c1ccc(F)cc1. The Morgan fingerprint density at radius 3 is 2.50 bits per heavy atom. The van der Waals surface area contributed by atoms with Gasteiger partial charge in [-0.2, -0.15) is 0 Å². The maximum Gasteiger partial charge on any atom is 0.255 e. The molecule has 1 atom stereocenters. The highest BCUT2D eigenvalue weighted by molar-refractivity contribution is 5.96. The summed E-state index contributed by atoms with van der Waals surface area (Å²) in [5.74, 6) is 0.00309. The molecule has 0 heterocycles. The van der Waals surface area contributed by atoms with Crippen LogP contribution in [0.1, 0.15) is 48.7 Å². The first-order chi connectivity index (χ1) is 13.4. The highest BCUT2D eigenvalue weighted by Gasteiger charge is 2.17. The molecule has 2 amide bonds. The van der Waals surface area contributed by atoms with Gasteiger partial charge in [-0.25, -0.2) is 4.39 Å². The van der Waals surface area contributed by atoms with Crippen LogP contribution in [0.4, 0.5) is 4.39 Å². The predicted molar refractivity (Wildman–Crippen MR) is 107 cm³/mol. The first-order valence-corrected chi connectivity index (χ1v) is 9.45. The summed E-state index contributed by atoms with van der Waals surface area (Å²) in [6, 6.07) is 13.1. The molecule has 0 aliphatic carbocycles. The van der Waals surface area contributed by atoms with Crippen molar-refractivity contribution in [1.29, 1.82) is 0 Å². The minimum Gasteiger partial charge on any atom is -0.493 e. The molecule has 5 nitrogen and oxygen atoms in total. The minimum atomic E-state index is -0.299. The number of ether oxygens (including phenoxy) is 1. The number of para-hydroxylation sites is 1. The molecule has 1 N–H and O–H groups in total. The van der Waals surface area contributed by atoms with Crippen LogP contribution >= 0.6 is 0 Å². The van der Waals surface area contributed by atoms with Crippen molar-refractivity contribution in [2.75, 3.05) is 20.2 Å². The lowest BCUT2D eigenvalue weighted by Gasteiger charge is -2.25. The lowest BCUT2D eigenvalue weighted by Crippen LogP contribution is -2.31. The van der Waals surface area contributed by atoms with Gasteiger partial charge in [-0.05, 0) is 50.1 Å².